The minimum atomic E-state index is -3.90. The zero-order chi connectivity index (χ0) is 24.5. The Balaban J connectivity index is 1.57. The summed E-state index contributed by atoms with van der Waals surface area (Å²) in [6.45, 7) is 4.78. The predicted octanol–water partition coefficient (Wildman–Crippen LogP) is 4.35. The maximum absolute atomic E-state index is 13.8. The summed E-state index contributed by atoms with van der Waals surface area (Å²) >= 11 is 3.44. The Kier molecular flexibility index (Phi) is 7.45. The lowest BCUT2D eigenvalue weighted by atomic mass is 9.98. The van der Waals surface area contributed by atoms with Gasteiger partial charge in [0.25, 0.3) is 0 Å². The van der Waals surface area contributed by atoms with E-state index in [9.17, 15) is 18.0 Å². The second-order valence-electron chi connectivity index (χ2n) is 8.80. The maximum Gasteiger partial charge on any atom is 0.245 e. The average Bonchev–Trinajstić information content (AvgIpc) is 3.27. The van der Waals surface area contributed by atoms with Crippen molar-refractivity contribution in [2.24, 2.45) is 5.92 Å². The molecule has 2 aliphatic rings. The standard InChI is InChI=1S/C25H30BrN3O4S/c1-3-17-7-9-21(10-8-17)27-25(31)19-6-5-12-28(16-19)34(32,33)22-15-20(26)14-18-11-13-29(24(18)22)23(30)4-2/h7-10,14-15,19H,3-6,11-13,16H2,1-2H3,(H,27,31). The highest BCUT2D eigenvalue weighted by Crippen LogP contribution is 2.39. The maximum atomic E-state index is 13.8. The van der Waals surface area contributed by atoms with Gasteiger partial charge in [-0.05, 0) is 61.1 Å². The van der Waals surface area contributed by atoms with Crippen LogP contribution >= 0.6 is 15.9 Å². The number of hydrogen-bond acceptors (Lipinski definition) is 4. The Morgan fingerprint density at radius 1 is 1.12 bits per heavy atom. The van der Waals surface area contributed by atoms with Gasteiger partial charge < -0.3 is 10.2 Å². The van der Waals surface area contributed by atoms with Gasteiger partial charge in [0.1, 0.15) is 4.90 Å². The topological polar surface area (TPSA) is 86.8 Å². The van der Waals surface area contributed by atoms with E-state index in [0.717, 1.165) is 12.0 Å². The first-order valence-electron chi connectivity index (χ1n) is 11.8. The van der Waals surface area contributed by atoms with E-state index in [1.54, 1.807) is 17.9 Å². The van der Waals surface area contributed by atoms with E-state index in [1.165, 1.54) is 9.87 Å². The molecule has 2 aliphatic heterocycles. The van der Waals surface area contributed by atoms with E-state index in [2.05, 4.69) is 28.2 Å². The van der Waals surface area contributed by atoms with Crippen molar-refractivity contribution in [3.63, 3.8) is 0 Å². The Labute approximate surface area is 209 Å². The third kappa shape index (κ3) is 4.92. The molecule has 1 saturated heterocycles. The summed E-state index contributed by atoms with van der Waals surface area (Å²) < 4.78 is 29.6. The van der Waals surface area contributed by atoms with Gasteiger partial charge in [-0.1, -0.05) is 41.9 Å². The first-order chi connectivity index (χ1) is 16.2. The minimum Gasteiger partial charge on any atom is -0.326 e. The van der Waals surface area contributed by atoms with Crippen LogP contribution in [0.2, 0.25) is 0 Å². The molecule has 1 unspecified atom stereocenters. The van der Waals surface area contributed by atoms with Crippen molar-refractivity contribution in [3.8, 4) is 0 Å². The molecule has 7 nitrogen and oxygen atoms in total. The number of anilines is 2. The van der Waals surface area contributed by atoms with Gasteiger partial charge in [-0.2, -0.15) is 4.31 Å². The molecular weight excluding hydrogens is 518 g/mol. The second kappa shape index (κ2) is 10.2. The lowest BCUT2D eigenvalue weighted by molar-refractivity contribution is -0.121. The Hall–Kier alpha value is -2.23. The number of carbonyl (C=O) groups excluding carboxylic acids is 2. The molecule has 0 radical (unpaired) electrons. The molecule has 1 N–H and O–H groups in total. The van der Waals surface area contributed by atoms with Gasteiger partial charge in [0, 0.05) is 36.2 Å². The average molecular weight is 549 g/mol. The molecule has 1 fully saturated rings. The summed E-state index contributed by atoms with van der Waals surface area (Å²) in [6, 6.07) is 11.2. The van der Waals surface area contributed by atoms with Crippen molar-refractivity contribution >= 4 is 49.1 Å². The largest absolute Gasteiger partial charge is 0.326 e. The van der Waals surface area contributed by atoms with E-state index < -0.39 is 15.9 Å². The second-order valence-corrected chi connectivity index (χ2v) is 11.6. The quantitative estimate of drug-likeness (QED) is 0.582. The highest BCUT2D eigenvalue weighted by atomic mass is 79.9. The third-order valence-electron chi connectivity index (χ3n) is 6.60. The molecule has 182 valence electrons. The van der Waals surface area contributed by atoms with Crippen molar-refractivity contribution in [1.82, 2.24) is 4.31 Å². The fourth-order valence-electron chi connectivity index (χ4n) is 4.69. The van der Waals surface area contributed by atoms with Gasteiger partial charge >= 0.3 is 0 Å². The highest BCUT2D eigenvalue weighted by molar-refractivity contribution is 9.10. The van der Waals surface area contributed by atoms with Gasteiger partial charge in [0.05, 0.1) is 11.6 Å². The molecule has 34 heavy (non-hydrogen) atoms. The zero-order valence-corrected chi connectivity index (χ0v) is 21.9. The first kappa shape index (κ1) is 24.9. The van der Waals surface area contributed by atoms with Gasteiger partial charge in [0.15, 0.2) is 0 Å². The van der Waals surface area contributed by atoms with Crippen LogP contribution in [0.25, 0.3) is 0 Å². The molecule has 2 aromatic carbocycles. The van der Waals surface area contributed by atoms with E-state index in [1.807, 2.05) is 30.3 Å². The normalized spacial score (nSPS) is 18.6. The lowest BCUT2D eigenvalue weighted by Crippen LogP contribution is -2.44. The smallest absolute Gasteiger partial charge is 0.245 e. The van der Waals surface area contributed by atoms with Crippen LogP contribution in [0, 0.1) is 5.92 Å². The van der Waals surface area contributed by atoms with Gasteiger partial charge in [-0.3, -0.25) is 9.59 Å². The Morgan fingerprint density at radius 2 is 1.85 bits per heavy atom. The van der Waals surface area contributed by atoms with Crippen molar-refractivity contribution in [3.05, 3.63) is 52.0 Å². The molecule has 0 bridgehead atoms. The number of amides is 2. The molecule has 0 aromatic heterocycles. The molecule has 0 saturated carbocycles. The Morgan fingerprint density at radius 3 is 2.53 bits per heavy atom. The third-order valence-corrected chi connectivity index (χ3v) is 8.94. The number of benzene rings is 2. The molecule has 0 spiro atoms. The number of aryl methyl sites for hydroxylation is 1. The molecular formula is C25H30BrN3O4S. The number of piperidine rings is 1. The molecule has 0 aliphatic carbocycles. The van der Waals surface area contributed by atoms with E-state index in [0.29, 0.717) is 54.6 Å². The van der Waals surface area contributed by atoms with Crippen molar-refractivity contribution in [2.45, 2.75) is 50.8 Å². The zero-order valence-electron chi connectivity index (χ0n) is 19.5. The summed E-state index contributed by atoms with van der Waals surface area (Å²) in [5.41, 5.74) is 3.22. The number of halogens is 1. The van der Waals surface area contributed by atoms with Gasteiger partial charge in [-0.15, -0.1) is 0 Å². The number of fused-ring (bicyclic) bond motifs is 1. The highest BCUT2D eigenvalue weighted by Gasteiger charge is 2.38. The lowest BCUT2D eigenvalue weighted by Gasteiger charge is -2.32. The number of rotatable bonds is 6. The molecule has 2 amide bonds. The van der Waals surface area contributed by atoms with Crippen LogP contribution in [0.3, 0.4) is 0 Å². The van der Waals surface area contributed by atoms with Gasteiger partial charge in [-0.25, -0.2) is 8.42 Å². The van der Waals surface area contributed by atoms with Crippen molar-refractivity contribution < 1.29 is 18.0 Å². The van der Waals surface area contributed by atoms with Crippen molar-refractivity contribution in [2.75, 3.05) is 29.9 Å². The first-order valence-corrected chi connectivity index (χ1v) is 14.0. The van der Waals surface area contributed by atoms with Crippen LogP contribution in [0.15, 0.2) is 45.8 Å². The monoisotopic (exact) mass is 547 g/mol. The Bertz CT molecular complexity index is 1200. The van der Waals surface area contributed by atoms with Crippen LogP contribution in [0.1, 0.15) is 44.2 Å². The predicted molar refractivity (Wildman–Crippen MR) is 136 cm³/mol. The summed E-state index contributed by atoms with van der Waals surface area (Å²) in [7, 11) is -3.90. The van der Waals surface area contributed by atoms with Crippen LogP contribution in [-0.4, -0.2) is 44.2 Å². The molecule has 2 heterocycles. The van der Waals surface area contributed by atoms with Crippen LogP contribution < -0.4 is 10.2 Å². The van der Waals surface area contributed by atoms with Crippen LogP contribution in [-0.2, 0) is 32.5 Å². The summed E-state index contributed by atoms with van der Waals surface area (Å²) in [5, 5.41) is 2.93. The van der Waals surface area contributed by atoms with Crippen molar-refractivity contribution in [1.29, 1.82) is 0 Å². The number of nitrogens with one attached hydrogen (secondary N) is 1. The summed E-state index contributed by atoms with van der Waals surface area (Å²) in [5.74, 6) is -0.711. The SMILES string of the molecule is CCC(=O)N1CCc2cc(Br)cc(S(=O)(=O)N3CCCC(C(=O)Nc4ccc(CC)cc4)C3)c21. The number of hydrogen-bond donors (Lipinski definition) is 1. The summed E-state index contributed by atoms with van der Waals surface area (Å²) in [4.78, 5) is 27.2. The number of nitrogens with zero attached hydrogens (tertiary/aromatic N) is 2. The van der Waals surface area contributed by atoms with Gasteiger partial charge in [0.2, 0.25) is 21.8 Å². The van der Waals surface area contributed by atoms with E-state index >= 15 is 0 Å². The summed E-state index contributed by atoms with van der Waals surface area (Å²) in [6.07, 6.45) is 3.07. The fraction of sp³-hybridized carbons (Fsp3) is 0.440. The fourth-order valence-corrected chi connectivity index (χ4v) is 7.13. The van der Waals surface area contributed by atoms with Crippen LogP contribution in [0.4, 0.5) is 11.4 Å². The molecule has 9 heteroatoms. The number of sulfonamides is 1. The van der Waals surface area contributed by atoms with Crippen LogP contribution in [0.5, 0.6) is 0 Å². The van der Waals surface area contributed by atoms with E-state index in [-0.39, 0.29) is 23.3 Å². The number of carbonyl (C=O) groups is 2. The minimum absolute atomic E-state index is 0.0949. The van der Waals surface area contributed by atoms with E-state index in [4.69, 9.17) is 0 Å². The molecule has 2 aromatic rings. The molecule has 4 rings (SSSR count). The molecule has 1 atom stereocenters.